The normalized spacial score (nSPS) is 16.7. The third-order valence-corrected chi connectivity index (χ3v) is 16.8. The van der Waals surface area contributed by atoms with Crippen molar-refractivity contribution in [3.63, 3.8) is 0 Å². The monoisotopic (exact) mass is 1070 g/mol. The third kappa shape index (κ3) is 39.7. The number of carbonyl (C=O) groups is 1. The highest BCUT2D eigenvalue weighted by molar-refractivity contribution is 5.93. The molecule has 1 amide bonds. The molecule has 1 saturated carbocycles. The lowest BCUT2D eigenvalue weighted by atomic mass is 9.82. The molecule has 7 nitrogen and oxygen atoms in total. The molecule has 446 valence electrons. The second-order valence-corrected chi connectivity index (χ2v) is 23.9. The van der Waals surface area contributed by atoms with Crippen LogP contribution in [0.3, 0.4) is 0 Å². The van der Waals surface area contributed by atoms with E-state index in [0.29, 0.717) is 43.1 Å². The van der Waals surface area contributed by atoms with E-state index >= 15 is 0 Å². The van der Waals surface area contributed by atoms with Crippen molar-refractivity contribution < 1.29 is 28.8 Å². The summed E-state index contributed by atoms with van der Waals surface area (Å²) in [6.45, 7) is 8.89. The van der Waals surface area contributed by atoms with Gasteiger partial charge >= 0.3 is 0 Å². The highest BCUT2D eigenvalue weighted by Gasteiger charge is 2.42. The second-order valence-electron chi connectivity index (χ2n) is 23.9. The summed E-state index contributed by atoms with van der Waals surface area (Å²) in [7, 11) is 1.60. The van der Waals surface area contributed by atoms with Gasteiger partial charge in [0.25, 0.3) is 0 Å². The molecule has 2 rings (SSSR count). The number of rotatable bonds is 58. The molecule has 7 heteroatoms. The maximum atomic E-state index is 14.2. The van der Waals surface area contributed by atoms with Crippen LogP contribution in [0.15, 0.2) is 18.2 Å². The predicted molar refractivity (Wildman–Crippen MR) is 328 cm³/mol. The van der Waals surface area contributed by atoms with Crippen LogP contribution in [0, 0.1) is 5.92 Å². The molecule has 0 bridgehead atoms. The molecule has 1 fully saturated rings. The Morgan fingerprint density at radius 1 is 0.421 bits per heavy atom. The van der Waals surface area contributed by atoms with Crippen LogP contribution in [0.2, 0.25) is 0 Å². The molecular formula is C69H129NO6. The number of unbranched alkanes of at least 4 members (excludes halogenated alkanes) is 45. The van der Waals surface area contributed by atoms with Gasteiger partial charge < -0.3 is 29.4 Å². The number of benzene rings is 1. The lowest BCUT2D eigenvalue weighted by Crippen LogP contribution is -2.51. The molecule has 1 aromatic carbocycles. The average Bonchev–Trinajstić information content (AvgIpc) is 3.43. The number of carbonyl (C=O) groups excluding carboxylic acids is 1. The molecule has 1 aliphatic carbocycles. The first-order chi connectivity index (χ1) is 37.6. The Hall–Kier alpha value is -1.67. The summed E-state index contributed by atoms with van der Waals surface area (Å²) in [6, 6.07) is 5.49. The lowest BCUT2D eigenvalue weighted by molar-refractivity contribution is -0.172. The molecule has 2 N–H and O–H groups in total. The van der Waals surface area contributed by atoms with Gasteiger partial charge in [-0.3, -0.25) is 4.79 Å². The molecule has 0 aliphatic heterocycles. The van der Waals surface area contributed by atoms with Gasteiger partial charge in [-0.2, -0.15) is 0 Å². The van der Waals surface area contributed by atoms with Gasteiger partial charge in [-0.05, 0) is 38.2 Å². The minimum atomic E-state index is -0.259. The molecule has 1 aromatic rings. The summed E-state index contributed by atoms with van der Waals surface area (Å²) in [6.07, 6.45) is 65.6. The summed E-state index contributed by atoms with van der Waals surface area (Å²) < 4.78 is 26.1. The van der Waals surface area contributed by atoms with Gasteiger partial charge in [0.05, 0.1) is 25.9 Å². The maximum absolute atomic E-state index is 14.2. The van der Waals surface area contributed by atoms with E-state index in [2.05, 4.69) is 26.1 Å². The quantitative estimate of drug-likeness (QED) is 0.0632. The number of nitrogens with one attached hydrogen (secondary N) is 1. The van der Waals surface area contributed by atoms with Gasteiger partial charge in [0.15, 0.2) is 0 Å². The number of ether oxygens (including phenoxy) is 4. The highest BCUT2D eigenvalue weighted by atomic mass is 16.6. The summed E-state index contributed by atoms with van der Waals surface area (Å²) in [5, 5.41) is 13.0. The summed E-state index contributed by atoms with van der Waals surface area (Å²) >= 11 is 0. The van der Waals surface area contributed by atoms with E-state index in [-0.39, 0.29) is 36.7 Å². The van der Waals surface area contributed by atoms with E-state index in [1.54, 1.807) is 7.11 Å². The Bertz CT molecular complexity index is 1330. The number of anilines is 1. The van der Waals surface area contributed by atoms with Crippen LogP contribution >= 0.6 is 0 Å². The minimum Gasteiger partial charge on any atom is -0.496 e. The zero-order valence-corrected chi connectivity index (χ0v) is 51.2. The highest BCUT2D eigenvalue weighted by Crippen LogP contribution is 2.34. The predicted octanol–water partition coefficient (Wildman–Crippen LogP) is 21.5. The van der Waals surface area contributed by atoms with Crippen molar-refractivity contribution in [1.82, 2.24) is 0 Å². The van der Waals surface area contributed by atoms with E-state index in [1.165, 1.54) is 289 Å². The number of methoxy groups -OCH3 is 1. The van der Waals surface area contributed by atoms with Gasteiger partial charge in [-0.25, -0.2) is 0 Å². The second kappa shape index (κ2) is 53.9. The number of amides is 1. The molecule has 76 heavy (non-hydrogen) atoms. The van der Waals surface area contributed by atoms with Crippen LogP contribution in [-0.2, 0) is 25.6 Å². The molecule has 0 radical (unpaired) electrons. The maximum Gasteiger partial charge on any atom is 0.227 e. The fourth-order valence-electron chi connectivity index (χ4n) is 11.8. The topological polar surface area (TPSA) is 86.3 Å². The first-order valence-corrected chi connectivity index (χ1v) is 34.0. The first kappa shape index (κ1) is 70.4. The van der Waals surface area contributed by atoms with Crippen LogP contribution in [-0.4, -0.2) is 56.3 Å². The SMILES string of the molecule is CCCCCCCCCCCCCCCCCCOC1CC(C(=O)Nc2ccc(CO)c(OC)c2)CC(OCCCCCCCCCCCCCCCCCC)C1OCCCCCCCCCCCCCCCCCC. The Balaban J connectivity index is 1.90. The number of aliphatic hydroxyl groups excluding tert-OH is 1. The third-order valence-electron chi connectivity index (χ3n) is 16.8. The van der Waals surface area contributed by atoms with Crippen molar-refractivity contribution in [2.75, 3.05) is 32.2 Å². The van der Waals surface area contributed by atoms with Gasteiger partial charge in [0, 0.05) is 43.1 Å². The Kier molecular flexibility index (Phi) is 50.0. The summed E-state index contributed by atoms with van der Waals surface area (Å²) in [5.74, 6) is 0.305. The summed E-state index contributed by atoms with van der Waals surface area (Å²) in [4.78, 5) is 14.2. The molecule has 2 atom stereocenters. The van der Waals surface area contributed by atoms with E-state index in [0.717, 1.165) is 25.9 Å². The van der Waals surface area contributed by atoms with Crippen LogP contribution < -0.4 is 10.1 Å². The largest absolute Gasteiger partial charge is 0.496 e. The zero-order valence-electron chi connectivity index (χ0n) is 51.2. The zero-order chi connectivity index (χ0) is 54.5. The van der Waals surface area contributed by atoms with Crippen LogP contribution in [0.25, 0.3) is 0 Å². The lowest BCUT2D eigenvalue weighted by Gasteiger charge is -2.41. The molecule has 0 heterocycles. The van der Waals surface area contributed by atoms with Crippen LogP contribution in [0.1, 0.15) is 347 Å². The first-order valence-electron chi connectivity index (χ1n) is 34.0. The fraction of sp³-hybridized carbons (Fsp3) is 0.899. The molecule has 0 aromatic heterocycles. The molecule has 1 aliphatic rings. The van der Waals surface area contributed by atoms with Crippen molar-refractivity contribution in [3.8, 4) is 5.75 Å². The van der Waals surface area contributed by atoms with Crippen LogP contribution in [0.5, 0.6) is 5.75 Å². The fourth-order valence-corrected chi connectivity index (χ4v) is 11.8. The standard InChI is InChI=1S/C69H129NO6/c1-5-8-11-14-17-20-23-26-29-32-35-38-41-44-47-50-55-74-66-58-63(69(72)70-64-54-53-62(61-71)65(60-64)73-4)59-67(75-56-51-48-45-42-39-36-33-30-27-24-21-18-15-12-9-6-2)68(66)76-57-52-49-46-43-40-37-34-31-28-25-22-19-16-13-10-7-3/h53-54,60,63,66-68,71H,5-52,55-59,61H2,1-4H3,(H,70,72). The number of hydrogen-bond acceptors (Lipinski definition) is 6. The van der Waals surface area contributed by atoms with Crippen molar-refractivity contribution >= 4 is 11.6 Å². The van der Waals surface area contributed by atoms with E-state index in [1.807, 2.05) is 18.2 Å². The number of aliphatic hydroxyl groups is 1. The Morgan fingerprint density at radius 3 is 0.974 bits per heavy atom. The van der Waals surface area contributed by atoms with Gasteiger partial charge in [-0.1, -0.05) is 316 Å². The summed E-state index contributed by atoms with van der Waals surface area (Å²) in [5.41, 5.74) is 1.38. The number of hydrogen-bond donors (Lipinski definition) is 2. The van der Waals surface area contributed by atoms with Crippen molar-refractivity contribution in [1.29, 1.82) is 0 Å². The van der Waals surface area contributed by atoms with E-state index < -0.39 is 0 Å². The molecular weight excluding hydrogens is 939 g/mol. The van der Waals surface area contributed by atoms with E-state index in [4.69, 9.17) is 18.9 Å². The smallest absolute Gasteiger partial charge is 0.227 e. The average molecular weight is 1070 g/mol. The van der Waals surface area contributed by atoms with Crippen molar-refractivity contribution in [3.05, 3.63) is 23.8 Å². The Morgan fingerprint density at radius 2 is 0.697 bits per heavy atom. The van der Waals surface area contributed by atoms with Gasteiger partial charge in [0.1, 0.15) is 11.9 Å². The van der Waals surface area contributed by atoms with Crippen LogP contribution in [0.4, 0.5) is 5.69 Å². The Labute approximate surface area is 472 Å². The van der Waals surface area contributed by atoms with E-state index in [9.17, 15) is 9.90 Å². The molecule has 0 spiro atoms. The molecule has 2 unspecified atom stereocenters. The van der Waals surface area contributed by atoms with Gasteiger partial charge in [-0.15, -0.1) is 0 Å². The van der Waals surface area contributed by atoms with Crippen molar-refractivity contribution in [2.24, 2.45) is 5.92 Å². The van der Waals surface area contributed by atoms with Gasteiger partial charge in [0.2, 0.25) is 5.91 Å². The minimum absolute atomic E-state index is 0.0120. The van der Waals surface area contributed by atoms with Crippen molar-refractivity contribution in [2.45, 2.75) is 367 Å². The molecule has 0 saturated heterocycles.